The molecule has 2 rings (SSSR count). The maximum absolute atomic E-state index is 3.66. The molecule has 1 fully saturated rings. The lowest BCUT2D eigenvalue weighted by atomic mass is 10.1. The molecular weight excluding hydrogens is 258 g/mol. The minimum atomic E-state index is 0.609. The van der Waals surface area contributed by atoms with Crippen LogP contribution in [0.5, 0.6) is 0 Å². The number of rotatable bonds is 8. The van der Waals surface area contributed by atoms with Gasteiger partial charge in [0.25, 0.3) is 0 Å². The average molecular weight is 289 g/mol. The zero-order valence-electron chi connectivity index (χ0n) is 13.7. The molecule has 0 aromatic heterocycles. The van der Waals surface area contributed by atoms with E-state index in [1.807, 2.05) is 0 Å². The largest absolute Gasteiger partial charge is 0.314 e. The fourth-order valence-electron chi connectivity index (χ4n) is 2.85. The van der Waals surface area contributed by atoms with Gasteiger partial charge in [-0.15, -0.1) is 0 Å². The summed E-state index contributed by atoms with van der Waals surface area (Å²) in [6, 6.07) is 11.4. The molecule has 1 aliphatic heterocycles. The standard InChI is InChI=1S/C18H31N3/c1-17(9-10-18-7-4-3-5-8-18)19-11-6-12-21-15-13-20(2)14-16-21/h3-5,7-8,17,19H,6,9-16H2,1-2H3. The molecule has 0 saturated carbocycles. The van der Waals surface area contributed by atoms with Crippen molar-refractivity contribution >= 4 is 0 Å². The zero-order valence-corrected chi connectivity index (χ0v) is 13.7. The number of piperazine rings is 1. The Morgan fingerprint density at radius 2 is 1.81 bits per heavy atom. The van der Waals surface area contributed by atoms with Crippen LogP contribution in [-0.4, -0.2) is 62.2 Å². The van der Waals surface area contributed by atoms with Crippen molar-refractivity contribution in [3.05, 3.63) is 35.9 Å². The SMILES string of the molecule is CC(CCc1ccccc1)NCCCN1CCN(C)CC1. The lowest BCUT2D eigenvalue weighted by molar-refractivity contribution is 0.152. The lowest BCUT2D eigenvalue weighted by Gasteiger charge is -2.32. The van der Waals surface area contributed by atoms with Crippen molar-refractivity contribution in [3.8, 4) is 0 Å². The van der Waals surface area contributed by atoms with E-state index in [0.29, 0.717) is 6.04 Å². The maximum Gasteiger partial charge on any atom is 0.0110 e. The Morgan fingerprint density at radius 1 is 1.10 bits per heavy atom. The highest BCUT2D eigenvalue weighted by Gasteiger charge is 2.12. The Balaban J connectivity index is 1.50. The molecule has 1 heterocycles. The predicted octanol–water partition coefficient (Wildman–Crippen LogP) is 2.23. The van der Waals surface area contributed by atoms with Crippen molar-refractivity contribution < 1.29 is 0 Å². The van der Waals surface area contributed by atoms with E-state index < -0.39 is 0 Å². The van der Waals surface area contributed by atoms with Gasteiger partial charge in [-0.3, -0.25) is 0 Å². The molecule has 118 valence electrons. The van der Waals surface area contributed by atoms with Gasteiger partial charge >= 0.3 is 0 Å². The van der Waals surface area contributed by atoms with Crippen LogP contribution in [0.3, 0.4) is 0 Å². The topological polar surface area (TPSA) is 18.5 Å². The highest BCUT2D eigenvalue weighted by Crippen LogP contribution is 2.05. The van der Waals surface area contributed by atoms with Crippen LogP contribution in [0.2, 0.25) is 0 Å². The second-order valence-corrected chi connectivity index (χ2v) is 6.38. The number of hydrogen-bond donors (Lipinski definition) is 1. The molecule has 0 radical (unpaired) electrons. The first-order valence-corrected chi connectivity index (χ1v) is 8.42. The molecule has 1 aliphatic rings. The summed E-state index contributed by atoms with van der Waals surface area (Å²) < 4.78 is 0. The molecule has 0 aliphatic carbocycles. The minimum Gasteiger partial charge on any atom is -0.314 e. The summed E-state index contributed by atoms with van der Waals surface area (Å²) in [5, 5.41) is 3.66. The van der Waals surface area contributed by atoms with Gasteiger partial charge in [0.1, 0.15) is 0 Å². The van der Waals surface area contributed by atoms with Crippen molar-refractivity contribution in [1.82, 2.24) is 15.1 Å². The molecule has 0 amide bonds. The Hall–Kier alpha value is -0.900. The van der Waals surface area contributed by atoms with Crippen molar-refractivity contribution in [2.45, 2.75) is 32.2 Å². The van der Waals surface area contributed by atoms with E-state index in [9.17, 15) is 0 Å². The maximum atomic E-state index is 3.66. The number of likely N-dealkylation sites (N-methyl/N-ethyl adjacent to an activating group) is 1. The monoisotopic (exact) mass is 289 g/mol. The van der Waals surface area contributed by atoms with Crippen LogP contribution in [0.4, 0.5) is 0 Å². The quantitative estimate of drug-likeness (QED) is 0.741. The molecule has 1 aromatic carbocycles. The Labute approximate surface area is 130 Å². The first kappa shape index (κ1) is 16.5. The highest BCUT2D eigenvalue weighted by atomic mass is 15.2. The van der Waals surface area contributed by atoms with Crippen LogP contribution in [0, 0.1) is 0 Å². The van der Waals surface area contributed by atoms with Gasteiger partial charge in [0.05, 0.1) is 0 Å². The molecular formula is C18H31N3. The molecule has 21 heavy (non-hydrogen) atoms. The van der Waals surface area contributed by atoms with E-state index in [0.717, 1.165) is 6.54 Å². The van der Waals surface area contributed by atoms with E-state index in [-0.39, 0.29) is 0 Å². The Morgan fingerprint density at radius 3 is 2.52 bits per heavy atom. The molecule has 1 aromatic rings. The summed E-state index contributed by atoms with van der Waals surface area (Å²) in [4.78, 5) is 5.01. The summed E-state index contributed by atoms with van der Waals surface area (Å²) in [5.74, 6) is 0. The van der Waals surface area contributed by atoms with Crippen LogP contribution >= 0.6 is 0 Å². The van der Waals surface area contributed by atoms with Crippen molar-refractivity contribution in [2.75, 3.05) is 46.3 Å². The molecule has 0 bridgehead atoms. The lowest BCUT2D eigenvalue weighted by Crippen LogP contribution is -2.45. The van der Waals surface area contributed by atoms with Gasteiger partial charge in [-0.1, -0.05) is 30.3 Å². The Bertz CT molecular complexity index is 371. The molecule has 1 saturated heterocycles. The number of nitrogens with zero attached hydrogens (tertiary/aromatic N) is 2. The fraction of sp³-hybridized carbons (Fsp3) is 0.667. The van der Waals surface area contributed by atoms with Gasteiger partial charge in [-0.2, -0.15) is 0 Å². The summed E-state index contributed by atoms with van der Waals surface area (Å²) in [7, 11) is 2.22. The fourth-order valence-corrected chi connectivity index (χ4v) is 2.85. The Kier molecular flexibility index (Phi) is 7.20. The molecule has 3 nitrogen and oxygen atoms in total. The van der Waals surface area contributed by atoms with Gasteiger partial charge in [-0.25, -0.2) is 0 Å². The van der Waals surface area contributed by atoms with Crippen molar-refractivity contribution in [3.63, 3.8) is 0 Å². The van der Waals surface area contributed by atoms with E-state index in [1.165, 1.54) is 57.5 Å². The van der Waals surface area contributed by atoms with Crippen LogP contribution in [0.25, 0.3) is 0 Å². The number of benzene rings is 1. The molecule has 1 unspecified atom stereocenters. The van der Waals surface area contributed by atoms with Crippen molar-refractivity contribution in [1.29, 1.82) is 0 Å². The van der Waals surface area contributed by atoms with Gasteiger partial charge in [-0.05, 0) is 51.9 Å². The van der Waals surface area contributed by atoms with Gasteiger partial charge in [0.15, 0.2) is 0 Å². The third-order valence-corrected chi connectivity index (χ3v) is 4.45. The summed E-state index contributed by atoms with van der Waals surface area (Å²) in [6.07, 6.45) is 3.66. The second-order valence-electron chi connectivity index (χ2n) is 6.38. The normalized spacial score (nSPS) is 18.8. The molecule has 3 heteroatoms. The van der Waals surface area contributed by atoms with Gasteiger partial charge in [0, 0.05) is 32.2 Å². The third-order valence-electron chi connectivity index (χ3n) is 4.45. The summed E-state index contributed by atoms with van der Waals surface area (Å²) in [5.41, 5.74) is 1.45. The van der Waals surface area contributed by atoms with E-state index in [4.69, 9.17) is 0 Å². The second kappa shape index (κ2) is 9.19. The first-order valence-electron chi connectivity index (χ1n) is 8.42. The highest BCUT2D eigenvalue weighted by molar-refractivity contribution is 5.14. The van der Waals surface area contributed by atoms with Crippen LogP contribution < -0.4 is 5.32 Å². The molecule has 1 N–H and O–H groups in total. The number of nitrogens with one attached hydrogen (secondary N) is 1. The third kappa shape index (κ3) is 6.60. The van der Waals surface area contributed by atoms with Crippen LogP contribution in [-0.2, 0) is 6.42 Å². The predicted molar refractivity (Wildman–Crippen MR) is 90.8 cm³/mol. The smallest absolute Gasteiger partial charge is 0.0110 e. The molecule has 0 spiro atoms. The zero-order chi connectivity index (χ0) is 14.9. The van der Waals surface area contributed by atoms with Gasteiger partial charge in [0.2, 0.25) is 0 Å². The van der Waals surface area contributed by atoms with E-state index in [2.05, 4.69) is 59.4 Å². The summed E-state index contributed by atoms with van der Waals surface area (Å²) in [6.45, 7) is 9.61. The van der Waals surface area contributed by atoms with Crippen molar-refractivity contribution in [2.24, 2.45) is 0 Å². The van der Waals surface area contributed by atoms with Crippen LogP contribution in [0.15, 0.2) is 30.3 Å². The van der Waals surface area contributed by atoms with E-state index >= 15 is 0 Å². The minimum absolute atomic E-state index is 0.609. The molecule has 1 atom stereocenters. The number of aryl methyl sites for hydroxylation is 1. The summed E-state index contributed by atoms with van der Waals surface area (Å²) >= 11 is 0. The number of hydrogen-bond acceptors (Lipinski definition) is 3. The average Bonchev–Trinajstić information content (AvgIpc) is 2.52. The first-order chi connectivity index (χ1) is 10.2. The van der Waals surface area contributed by atoms with E-state index in [1.54, 1.807) is 0 Å². The van der Waals surface area contributed by atoms with Crippen LogP contribution in [0.1, 0.15) is 25.3 Å². The van der Waals surface area contributed by atoms with Gasteiger partial charge < -0.3 is 15.1 Å².